The average molecular weight is 284 g/mol. The third kappa shape index (κ3) is 2.02. The molecule has 21 heavy (non-hydrogen) atoms. The van der Waals surface area contributed by atoms with Gasteiger partial charge in [0, 0.05) is 36.2 Å². The molecule has 1 aromatic heterocycles. The molecule has 1 aliphatic heterocycles. The quantitative estimate of drug-likeness (QED) is 0.918. The average Bonchev–Trinajstić information content (AvgIpc) is 2.77. The molecule has 1 aromatic carbocycles. The summed E-state index contributed by atoms with van der Waals surface area (Å²) < 4.78 is 2.55. The van der Waals surface area contributed by atoms with Crippen molar-refractivity contribution < 1.29 is 5.11 Å². The van der Waals surface area contributed by atoms with Crippen molar-refractivity contribution in [3.05, 3.63) is 35.0 Å². The molecule has 0 amide bonds. The number of nitrogens with zero attached hydrogens (tertiary/aromatic N) is 2. The summed E-state index contributed by atoms with van der Waals surface area (Å²) >= 11 is 0. The molecule has 2 heterocycles. The molecule has 3 nitrogen and oxygen atoms in total. The van der Waals surface area contributed by atoms with Gasteiger partial charge in [-0.25, -0.2) is 0 Å². The van der Waals surface area contributed by atoms with Crippen LogP contribution in [0.2, 0.25) is 0 Å². The SMILES string of the molecule is Cc1ccc2c(c1)c1c3n2CCN(C[C@@H](C)O)[C@H]3CCC1. The fourth-order valence-electron chi connectivity index (χ4n) is 4.35. The first-order chi connectivity index (χ1) is 10.1. The molecule has 2 aromatic rings. The molecule has 3 heteroatoms. The maximum absolute atomic E-state index is 9.78. The fourth-order valence-corrected chi connectivity index (χ4v) is 4.35. The zero-order valence-electron chi connectivity index (χ0n) is 13.0. The lowest BCUT2D eigenvalue weighted by Crippen LogP contribution is -2.42. The number of fused-ring (bicyclic) bond motifs is 3. The summed E-state index contributed by atoms with van der Waals surface area (Å²) in [4.78, 5) is 2.49. The highest BCUT2D eigenvalue weighted by molar-refractivity contribution is 5.87. The second kappa shape index (κ2) is 4.85. The van der Waals surface area contributed by atoms with E-state index in [1.165, 1.54) is 41.4 Å². The first-order valence-corrected chi connectivity index (χ1v) is 8.19. The van der Waals surface area contributed by atoms with E-state index >= 15 is 0 Å². The van der Waals surface area contributed by atoms with Crippen LogP contribution in [0.3, 0.4) is 0 Å². The first kappa shape index (κ1) is 13.4. The van der Waals surface area contributed by atoms with Gasteiger partial charge in [0.05, 0.1) is 12.1 Å². The summed E-state index contributed by atoms with van der Waals surface area (Å²) in [6.07, 6.45) is 3.46. The number of β-amino-alcohol motifs (C(OH)–C–C–N with tert-alkyl or cyclic N) is 1. The van der Waals surface area contributed by atoms with E-state index in [4.69, 9.17) is 0 Å². The zero-order valence-corrected chi connectivity index (χ0v) is 13.0. The minimum atomic E-state index is -0.242. The molecule has 0 saturated carbocycles. The Hall–Kier alpha value is -1.32. The smallest absolute Gasteiger partial charge is 0.0639 e. The van der Waals surface area contributed by atoms with E-state index in [0.29, 0.717) is 6.04 Å². The second-order valence-electron chi connectivity index (χ2n) is 6.79. The van der Waals surface area contributed by atoms with Gasteiger partial charge in [-0.2, -0.15) is 0 Å². The Labute approximate surface area is 126 Å². The van der Waals surface area contributed by atoms with Crippen LogP contribution in [-0.2, 0) is 13.0 Å². The van der Waals surface area contributed by atoms with Gasteiger partial charge in [0.1, 0.15) is 0 Å². The second-order valence-corrected chi connectivity index (χ2v) is 6.79. The fraction of sp³-hybridized carbons (Fsp3) is 0.556. The summed E-state index contributed by atoms with van der Waals surface area (Å²) in [6, 6.07) is 7.39. The Balaban J connectivity index is 1.88. The zero-order chi connectivity index (χ0) is 14.6. The van der Waals surface area contributed by atoms with E-state index in [2.05, 4.69) is 34.6 Å². The van der Waals surface area contributed by atoms with Crippen LogP contribution in [0.4, 0.5) is 0 Å². The van der Waals surface area contributed by atoms with Crippen molar-refractivity contribution in [2.45, 2.75) is 51.8 Å². The Morgan fingerprint density at radius 1 is 1.33 bits per heavy atom. The highest BCUT2D eigenvalue weighted by Gasteiger charge is 2.34. The molecule has 4 rings (SSSR count). The van der Waals surface area contributed by atoms with E-state index < -0.39 is 0 Å². The van der Waals surface area contributed by atoms with Crippen LogP contribution in [0.15, 0.2) is 18.2 Å². The van der Waals surface area contributed by atoms with E-state index in [-0.39, 0.29) is 6.10 Å². The first-order valence-electron chi connectivity index (χ1n) is 8.19. The maximum Gasteiger partial charge on any atom is 0.0639 e. The van der Waals surface area contributed by atoms with Crippen LogP contribution in [-0.4, -0.2) is 33.8 Å². The largest absolute Gasteiger partial charge is 0.392 e. The molecule has 1 N–H and O–H groups in total. The molecule has 0 saturated heterocycles. The van der Waals surface area contributed by atoms with Crippen LogP contribution >= 0.6 is 0 Å². The molecule has 0 spiro atoms. The number of aliphatic hydroxyl groups excluding tert-OH is 1. The molecule has 0 fully saturated rings. The van der Waals surface area contributed by atoms with Crippen molar-refractivity contribution in [1.82, 2.24) is 9.47 Å². The predicted molar refractivity (Wildman–Crippen MR) is 85.6 cm³/mol. The van der Waals surface area contributed by atoms with Gasteiger partial charge in [-0.3, -0.25) is 4.90 Å². The number of aromatic nitrogens is 1. The van der Waals surface area contributed by atoms with Crippen LogP contribution < -0.4 is 0 Å². The summed E-state index contributed by atoms with van der Waals surface area (Å²) in [5.41, 5.74) is 5.87. The van der Waals surface area contributed by atoms with Crippen molar-refractivity contribution >= 4 is 10.9 Å². The van der Waals surface area contributed by atoms with Crippen molar-refractivity contribution in [1.29, 1.82) is 0 Å². The lowest BCUT2D eigenvalue weighted by atomic mass is 9.89. The Bertz CT molecular complexity index is 686. The van der Waals surface area contributed by atoms with Crippen molar-refractivity contribution in [3.8, 4) is 0 Å². The van der Waals surface area contributed by atoms with Gasteiger partial charge >= 0.3 is 0 Å². The van der Waals surface area contributed by atoms with Crippen LogP contribution in [0.5, 0.6) is 0 Å². The molecule has 1 aliphatic carbocycles. The lowest BCUT2D eigenvalue weighted by molar-refractivity contribution is 0.0731. The van der Waals surface area contributed by atoms with Crippen LogP contribution in [0, 0.1) is 6.92 Å². The standard InChI is InChI=1S/C18H24N2O/c1-12-6-7-16-15(10-12)14-4-3-5-17-18(14)20(16)9-8-19(17)11-13(2)21/h6-7,10,13,17,21H,3-5,8-9,11H2,1-2H3/t13-,17+/m1/s1. The Morgan fingerprint density at radius 2 is 2.19 bits per heavy atom. The summed E-state index contributed by atoms with van der Waals surface area (Å²) in [5, 5.41) is 11.2. The molecule has 112 valence electrons. The maximum atomic E-state index is 9.78. The van der Waals surface area contributed by atoms with Crippen LogP contribution in [0.1, 0.15) is 42.6 Å². The third-order valence-corrected chi connectivity index (χ3v) is 5.14. The van der Waals surface area contributed by atoms with E-state index in [9.17, 15) is 5.11 Å². The number of rotatable bonds is 2. The summed E-state index contributed by atoms with van der Waals surface area (Å²) in [5.74, 6) is 0. The van der Waals surface area contributed by atoms with Gasteiger partial charge in [0.15, 0.2) is 0 Å². The Morgan fingerprint density at radius 3 is 3.00 bits per heavy atom. The van der Waals surface area contributed by atoms with Gasteiger partial charge in [0.25, 0.3) is 0 Å². The number of aryl methyl sites for hydroxylation is 2. The van der Waals surface area contributed by atoms with Crippen molar-refractivity contribution in [3.63, 3.8) is 0 Å². The molecule has 2 aliphatic rings. The normalized spacial score (nSPS) is 23.3. The molecular formula is C18H24N2O. The highest BCUT2D eigenvalue weighted by atomic mass is 16.3. The number of benzene rings is 1. The number of hydrogen-bond donors (Lipinski definition) is 1. The molecule has 0 radical (unpaired) electrons. The summed E-state index contributed by atoms with van der Waals surface area (Å²) in [6.45, 7) is 6.99. The number of aliphatic hydroxyl groups is 1. The van der Waals surface area contributed by atoms with Gasteiger partial charge in [-0.15, -0.1) is 0 Å². The van der Waals surface area contributed by atoms with E-state index in [1.54, 1.807) is 5.56 Å². The molecule has 0 bridgehead atoms. The monoisotopic (exact) mass is 284 g/mol. The predicted octanol–water partition coefficient (Wildman–Crippen LogP) is 3.02. The lowest BCUT2D eigenvalue weighted by Gasteiger charge is -2.40. The Kier molecular flexibility index (Phi) is 3.09. The van der Waals surface area contributed by atoms with Gasteiger partial charge in [-0.1, -0.05) is 11.6 Å². The summed E-state index contributed by atoms with van der Waals surface area (Å²) in [7, 11) is 0. The van der Waals surface area contributed by atoms with Gasteiger partial charge < -0.3 is 9.67 Å². The van der Waals surface area contributed by atoms with Crippen molar-refractivity contribution in [2.24, 2.45) is 0 Å². The molecule has 0 unspecified atom stereocenters. The number of hydrogen-bond acceptors (Lipinski definition) is 2. The van der Waals surface area contributed by atoms with Crippen molar-refractivity contribution in [2.75, 3.05) is 13.1 Å². The molecule has 2 atom stereocenters. The highest BCUT2D eigenvalue weighted by Crippen LogP contribution is 2.42. The van der Waals surface area contributed by atoms with E-state index in [1.807, 2.05) is 6.92 Å². The minimum Gasteiger partial charge on any atom is -0.392 e. The minimum absolute atomic E-state index is 0.242. The van der Waals surface area contributed by atoms with Crippen LogP contribution in [0.25, 0.3) is 10.9 Å². The third-order valence-electron chi connectivity index (χ3n) is 5.14. The van der Waals surface area contributed by atoms with Gasteiger partial charge in [0.2, 0.25) is 0 Å². The molecular weight excluding hydrogens is 260 g/mol. The van der Waals surface area contributed by atoms with Gasteiger partial charge in [-0.05, 0) is 50.8 Å². The van der Waals surface area contributed by atoms with E-state index in [0.717, 1.165) is 19.6 Å². The topological polar surface area (TPSA) is 28.4 Å².